The fourth-order valence-electron chi connectivity index (χ4n) is 3.33. The molecular formula is C14H27N3O. The van der Waals surface area contributed by atoms with Crippen LogP contribution in [0.2, 0.25) is 0 Å². The van der Waals surface area contributed by atoms with E-state index in [1.165, 1.54) is 0 Å². The van der Waals surface area contributed by atoms with Gasteiger partial charge in [-0.25, -0.2) is 0 Å². The second-order valence-corrected chi connectivity index (χ2v) is 5.47. The number of carbonyl (C=O) groups is 1. The molecule has 18 heavy (non-hydrogen) atoms. The van der Waals surface area contributed by atoms with Crippen molar-refractivity contribution in [3.63, 3.8) is 0 Å². The minimum atomic E-state index is 0.380. The molecule has 2 saturated heterocycles. The molecule has 4 nitrogen and oxygen atoms in total. The van der Waals surface area contributed by atoms with E-state index in [1.54, 1.807) is 0 Å². The highest BCUT2D eigenvalue weighted by Gasteiger charge is 2.36. The van der Waals surface area contributed by atoms with Crippen molar-refractivity contribution in [3.8, 4) is 0 Å². The van der Waals surface area contributed by atoms with Gasteiger partial charge in [-0.15, -0.1) is 0 Å². The molecule has 2 heterocycles. The first-order valence-corrected chi connectivity index (χ1v) is 7.48. The maximum atomic E-state index is 12.1. The van der Waals surface area contributed by atoms with Crippen LogP contribution in [0.25, 0.3) is 0 Å². The summed E-state index contributed by atoms with van der Waals surface area (Å²) in [5.74, 6) is 1.07. The van der Waals surface area contributed by atoms with Gasteiger partial charge in [-0.2, -0.15) is 0 Å². The minimum Gasteiger partial charge on any atom is -0.338 e. The number of carbonyl (C=O) groups excluding carboxylic acids is 1. The first kappa shape index (κ1) is 13.8. The molecule has 0 unspecified atom stereocenters. The highest BCUT2D eigenvalue weighted by molar-refractivity contribution is 5.77. The van der Waals surface area contributed by atoms with Crippen molar-refractivity contribution in [3.05, 3.63) is 0 Å². The van der Waals surface area contributed by atoms with Crippen LogP contribution in [0.3, 0.4) is 0 Å². The quantitative estimate of drug-likeness (QED) is 0.792. The molecule has 2 aliphatic heterocycles. The summed E-state index contributed by atoms with van der Waals surface area (Å²) < 4.78 is 0. The van der Waals surface area contributed by atoms with Crippen molar-refractivity contribution in [1.29, 1.82) is 0 Å². The van der Waals surface area contributed by atoms with Crippen molar-refractivity contribution >= 4 is 5.91 Å². The summed E-state index contributed by atoms with van der Waals surface area (Å²) in [6.45, 7) is 10.6. The number of likely N-dealkylation sites (N-methyl/N-ethyl adjacent to an activating group) is 1. The summed E-state index contributed by atoms with van der Waals surface area (Å²) in [7, 11) is 0. The van der Waals surface area contributed by atoms with Gasteiger partial charge < -0.3 is 15.1 Å². The van der Waals surface area contributed by atoms with Gasteiger partial charge >= 0.3 is 0 Å². The Morgan fingerprint density at radius 2 is 2.11 bits per heavy atom. The third-order valence-corrected chi connectivity index (χ3v) is 4.57. The summed E-state index contributed by atoms with van der Waals surface area (Å²) in [5, 5.41) is 3.46. The summed E-state index contributed by atoms with van der Waals surface area (Å²) in [4.78, 5) is 16.7. The lowest BCUT2D eigenvalue weighted by atomic mass is 9.84. The molecule has 0 saturated carbocycles. The maximum Gasteiger partial charge on any atom is 0.222 e. The molecule has 0 spiro atoms. The predicted molar refractivity (Wildman–Crippen MR) is 73.5 cm³/mol. The average molecular weight is 253 g/mol. The maximum absolute atomic E-state index is 12.1. The summed E-state index contributed by atoms with van der Waals surface area (Å²) in [5.41, 5.74) is 0. The Labute approximate surface area is 111 Å². The van der Waals surface area contributed by atoms with Crippen LogP contribution in [0.1, 0.15) is 33.1 Å². The molecule has 2 fully saturated rings. The van der Waals surface area contributed by atoms with E-state index in [4.69, 9.17) is 0 Å². The number of nitrogens with one attached hydrogen (secondary N) is 1. The van der Waals surface area contributed by atoms with Crippen LogP contribution >= 0.6 is 0 Å². The van der Waals surface area contributed by atoms with Crippen LogP contribution in [0.5, 0.6) is 0 Å². The van der Waals surface area contributed by atoms with Gasteiger partial charge in [-0.1, -0.05) is 13.8 Å². The lowest BCUT2D eigenvalue weighted by Crippen LogP contribution is -2.56. The van der Waals surface area contributed by atoms with Gasteiger partial charge in [0.15, 0.2) is 0 Å². The number of piperidine rings is 2. The normalized spacial score (nSPS) is 28.6. The molecule has 4 heteroatoms. The van der Waals surface area contributed by atoms with E-state index in [1.807, 2.05) is 0 Å². The first-order valence-electron chi connectivity index (χ1n) is 7.48. The van der Waals surface area contributed by atoms with E-state index in [-0.39, 0.29) is 0 Å². The number of fused-ring (bicyclic) bond motifs is 1. The number of rotatable bonds is 5. The van der Waals surface area contributed by atoms with Crippen LogP contribution in [0, 0.1) is 5.92 Å². The van der Waals surface area contributed by atoms with Crippen LogP contribution < -0.4 is 5.32 Å². The van der Waals surface area contributed by atoms with Crippen molar-refractivity contribution in [2.45, 2.75) is 39.2 Å². The largest absolute Gasteiger partial charge is 0.338 e. The Kier molecular flexibility index (Phi) is 5.01. The fraction of sp³-hybridized carbons (Fsp3) is 0.929. The molecule has 2 atom stereocenters. The third kappa shape index (κ3) is 3.04. The molecule has 2 aliphatic rings. The van der Waals surface area contributed by atoms with Crippen LogP contribution in [-0.4, -0.2) is 61.0 Å². The van der Waals surface area contributed by atoms with Gasteiger partial charge in [0.05, 0.1) is 0 Å². The Bertz CT molecular complexity index is 278. The third-order valence-electron chi connectivity index (χ3n) is 4.57. The van der Waals surface area contributed by atoms with Gasteiger partial charge in [0.1, 0.15) is 0 Å². The molecule has 104 valence electrons. The second-order valence-electron chi connectivity index (χ2n) is 5.47. The Morgan fingerprint density at radius 3 is 2.83 bits per heavy atom. The van der Waals surface area contributed by atoms with E-state index < -0.39 is 0 Å². The highest BCUT2D eigenvalue weighted by atomic mass is 16.2. The molecular weight excluding hydrogens is 226 g/mol. The highest BCUT2D eigenvalue weighted by Crippen LogP contribution is 2.28. The van der Waals surface area contributed by atoms with Gasteiger partial charge in [0.2, 0.25) is 5.91 Å². The number of amides is 1. The Hall–Kier alpha value is -0.610. The zero-order chi connectivity index (χ0) is 13.0. The van der Waals surface area contributed by atoms with E-state index in [9.17, 15) is 4.79 Å². The molecule has 0 aromatic carbocycles. The zero-order valence-corrected chi connectivity index (χ0v) is 11.8. The lowest BCUT2D eigenvalue weighted by Gasteiger charge is -2.44. The predicted octanol–water partition coefficient (Wildman–Crippen LogP) is 0.929. The summed E-state index contributed by atoms with van der Waals surface area (Å²) in [6.07, 6.45) is 2.97. The number of likely N-dealkylation sites (tertiary alicyclic amines) is 1. The molecule has 1 N–H and O–H groups in total. The minimum absolute atomic E-state index is 0.380. The van der Waals surface area contributed by atoms with Crippen LogP contribution in [0.15, 0.2) is 0 Å². The van der Waals surface area contributed by atoms with Crippen molar-refractivity contribution < 1.29 is 4.79 Å². The van der Waals surface area contributed by atoms with Crippen LogP contribution in [0.4, 0.5) is 0 Å². The van der Waals surface area contributed by atoms with E-state index in [0.717, 1.165) is 58.5 Å². The van der Waals surface area contributed by atoms with Gasteiger partial charge in [0, 0.05) is 25.6 Å². The standard InChI is InChI=1S/C14H27N3O/c1-3-16(4-2)9-10-17-13-7-8-15-11-12(13)5-6-14(17)18/h12-13,15H,3-11H2,1-2H3/t12-,13+/m0/s1. The molecule has 1 amide bonds. The van der Waals surface area contributed by atoms with Gasteiger partial charge in [-0.05, 0) is 44.9 Å². The van der Waals surface area contributed by atoms with Crippen LogP contribution in [-0.2, 0) is 4.79 Å². The fourth-order valence-corrected chi connectivity index (χ4v) is 3.33. The molecule has 0 radical (unpaired) electrons. The Balaban J connectivity index is 1.92. The number of nitrogens with zero attached hydrogens (tertiary/aromatic N) is 2. The molecule has 0 aromatic rings. The number of hydrogen-bond donors (Lipinski definition) is 1. The SMILES string of the molecule is CCN(CC)CCN1C(=O)CC[C@H]2CNCC[C@H]21. The first-order chi connectivity index (χ1) is 8.76. The summed E-state index contributed by atoms with van der Waals surface area (Å²) in [6, 6.07) is 0.503. The lowest BCUT2D eigenvalue weighted by molar-refractivity contribution is -0.139. The van der Waals surface area contributed by atoms with Crippen molar-refractivity contribution in [1.82, 2.24) is 15.1 Å². The average Bonchev–Trinajstić information content (AvgIpc) is 2.42. The second kappa shape index (κ2) is 6.53. The monoisotopic (exact) mass is 253 g/mol. The molecule has 0 bridgehead atoms. The number of hydrogen-bond acceptors (Lipinski definition) is 3. The van der Waals surface area contributed by atoms with Gasteiger partial charge in [0.25, 0.3) is 0 Å². The Morgan fingerprint density at radius 1 is 1.33 bits per heavy atom. The van der Waals surface area contributed by atoms with E-state index in [0.29, 0.717) is 17.9 Å². The molecule has 2 rings (SSSR count). The van der Waals surface area contributed by atoms with Crippen molar-refractivity contribution in [2.24, 2.45) is 5.92 Å². The zero-order valence-electron chi connectivity index (χ0n) is 11.8. The van der Waals surface area contributed by atoms with Crippen molar-refractivity contribution in [2.75, 3.05) is 39.3 Å². The smallest absolute Gasteiger partial charge is 0.222 e. The topological polar surface area (TPSA) is 35.6 Å². The summed E-state index contributed by atoms with van der Waals surface area (Å²) >= 11 is 0. The van der Waals surface area contributed by atoms with Gasteiger partial charge in [-0.3, -0.25) is 4.79 Å². The molecule has 0 aromatic heterocycles. The van der Waals surface area contributed by atoms with E-state index >= 15 is 0 Å². The van der Waals surface area contributed by atoms with E-state index in [2.05, 4.69) is 29.0 Å². The molecule has 0 aliphatic carbocycles.